The van der Waals surface area contributed by atoms with Gasteiger partial charge in [-0.1, -0.05) is 32.0 Å². The summed E-state index contributed by atoms with van der Waals surface area (Å²) in [5, 5.41) is 12.9. The molecular formula is C16H19BrN2O3. The Morgan fingerprint density at radius 2 is 1.91 bits per heavy atom. The molecule has 0 aliphatic heterocycles. The molecular weight excluding hydrogens is 348 g/mol. The second-order valence-electron chi connectivity index (χ2n) is 5.37. The lowest BCUT2D eigenvalue weighted by Gasteiger charge is -2.31. The van der Waals surface area contributed by atoms with Gasteiger partial charge in [0.2, 0.25) is 0 Å². The van der Waals surface area contributed by atoms with Crippen LogP contribution in [0.5, 0.6) is 0 Å². The van der Waals surface area contributed by atoms with Gasteiger partial charge in [0, 0.05) is 10.9 Å². The van der Waals surface area contributed by atoms with E-state index >= 15 is 0 Å². The molecule has 6 heteroatoms. The number of rotatable bonds is 6. The fourth-order valence-corrected chi connectivity index (χ4v) is 3.20. The molecule has 0 fully saturated rings. The number of para-hydroxylation sites is 1. The van der Waals surface area contributed by atoms with Crippen LogP contribution < -0.4 is 5.32 Å². The van der Waals surface area contributed by atoms with E-state index < -0.39 is 11.5 Å². The van der Waals surface area contributed by atoms with Gasteiger partial charge in [0.25, 0.3) is 5.91 Å². The number of aliphatic carboxylic acids is 1. The molecule has 0 unspecified atom stereocenters. The second-order valence-corrected chi connectivity index (χ2v) is 6.16. The summed E-state index contributed by atoms with van der Waals surface area (Å²) in [6, 6.07) is 7.59. The number of nitrogens with one attached hydrogen (secondary N) is 2. The van der Waals surface area contributed by atoms with Crippen LogP contribution >= 0.6 is 15.9 Å². The van der Waals surface area contributed by atoms with Crippen LogP contribution in [0.3, 0.4) is 0 Å². The summed E-state index contributed by atoms with van der Waals surface area (Å²) in [5.74, 6) is -1.22. The minimum atomic E-state index is -0.917. The van der Waals surface area contributed by atoms with Gasteiger partial charge in [0.05, 0.1) is 16.4 Å². The van der Waals surface area contributed by atoms with Gasteiger partial charge in [-0.3, -0.25) is 9.59 Å². The Hall–Kier alpha value is -1.82. The molecule has 0 aliphatic carbocycles. The normalized spacial score (nSPS) is 11.6. The van der Waals surface area contributed by atoms with E-state index in [1.54, 1.807) is 0 Å². The maximum absolute atomic E-state index is 12.6. The Bertz CT molecular complexity index is 704. The first-order valence-corrected chi connectivity index (χ1v) is 8.02. The molecule has 0 bridgehead atoms. The number of hydrogen-bond donors (Lipinski definition) is 3. The van der Waals surface area contributed by atoms with Crippen molar-refractivity contribution in [2.45, 2.75) is 38.6 Å². The molecule has 0 saturated carbocycles. The molecule has 118 valence electrons. The molecule has 5 nitrogen and oxygen atoms in total. The molecule has 1 amide bonds. The highest BCUT2D eigenvalue weighted by Gasteiger charge is 2.32. The third-order valence-electron chi connectivity index (χ3n) is 4.09. The molecule has 3 N–H and O–H groups in total. The Morgan fingerprint density at radius 3 is 2.45 bits per heavy atom. The number of carbonyl (C=O) groups excluding carboxylic acids is 1. The van der Waals surface area contributed by atoms with Crippen LogP contribution in [0.15, 0.2) is 28.7 Å². The molecule has 0 radical (unpaired) electrons. The van der Waals surface area contributed by atoms with Crippen LogP contribution in [0.25, 0.3) is 10.9 Å². The molecule has 2 rings (SSSR count). The van der Waals surface area contributed by atoms with Crippen molar-refractivity contribution in [1.82, 2.24) is 10.3 Å². The SMILES string of the molecule is CCC(CC)(CC(=O)O)NC(=O)c1[nH]c2ccccc2c1Br. The first-order chi connectivity index (χ1) is 10.4. The van der Waals surface area contributed by atoms with Crippen LogP contribution in [-0.2, 0) is 4.79 Å². The summed E-state index contributed by atoms with van der Waals surface area (Å²) in [6.45, 7) is 3.76. The molecule has 1 aromatic carbocycles. The fourth-order valence-electron chi connectivity index (χ4n) is 2.58. The zero-order valence-electron chi connectivity index (χ0n) is 12.6. The minimum absolute atomic E-state index is 0.0937. The van der Waals surface area contributed by atoms with Gasteiger partial charge in [0.15, 0.2) is 0 Å². The van der Waals surface area contributed by atoms with Crippen molar-refractivity contribution in [2.75, 3.05) is 0 Å². The molecule has 0 atom stereocenters. The number of aromatic amines is 1. The number of fused-ring (bicyclic) bond motifs is 1. The number of H-pyrrole nitrogens is 1. The van der Waals surface area contributed by atoms with Gasteiger partial charge in [-0.25, -0.2) is 0 Å². The van der Waals surface area contributed by atoms with Crippen molar-refractivity contribution in [3.05, 3.63) is 34.4 Å². The van der Waals surface area contributed by atoms with Gasteiger partial charge in [-0.15, -0.1) is 0 Å². The minimum Gasteiger partial charge on any atom is -0.481 e. The molecule has 2 aromatic rings. The standard InChI is InChI=1S/C16H19BrN2O3/c1-3-16(4-2,9-12(20)21)19-15(22)14-13(17)10-7-5-6-8-11(10)18-14/h5-8,18H,3-4,9H2,1-2H3,(H,19,22)(H,20,21). The van der Waals surface area contributed by atoms with E-state index in [0.29, 0.717) is 23.0 Å². The first kappa shape index (κ1) is 16.5. The quantitative estimate of drug-likeness (QED) is 0.728. The predicted molar refractivity (Wildman–Crippen MR) is 89.0 cm³/mol. The Kier molecular flexibility index (Phi) is 4.90. The predicted octanol–water partition coefficient (Wildman–Crippen LogP) is 3.69. The van der Waals surface area contributed by atoms with E-state index in [9.17, 15) is 9.59 Å². The lowest BCUT2D eigenvalue weighted by molar-refractivity contribution is -0.138. The fraction of sp³-hybridized carbons (Fsp3) is 0.375. The third-order valence-corrected chi connectivity index (χ3v) is 4.92. The third kappa shape index (κ3) is 3.16. The second kappa shape index (κ2) is 6.52. The Morgan fingerprint density at radius 1 is 1.27 bits per heavy atom. The summed E-state index contributed by atoms with van der Waals surface area (Å²) < 4.78 is 0.692. The van der Waals surface area contributed by atoms with E-state index in [2.05, 4.69) is 26.2 Å². The summed E-state index contributed by atoms with van der Waals surface area (Å²) in [5.41, 5.74) is 0.536. The molecule has 0 aliphatic rings. The molecule has 0 spiro atoms. The van der Waals surface area contributed by atoms with Crippen LogP contribution in [0.4, 0.5) is 0 Å². The molecule has 1 heterocycles. The Labute approximate surface area is 137 Å². The van der Waals surface area contributed by atoms with E-state index in [-0.39, 0.29) is 12.3 Å². The number of hydrogen-bond acceptors (Lipinski definition) is 2. The number of carboxylic acid groups (broad SMARTS) is 1. The van der Waals surface area contributed by atoms with Crippen molar-refractivity contribution < 1.29 is 14.7 Å². The van der Waals surface area contributed by atoms with E-state index in [1.165, 1.54) is 0 Å². The lowest BCUT2D eigenvalue weighted by atomic mass is 9.89. The highest BCUT2D eigenvalue weighted by molar-refractivity contribution is 9.10. The number of carbonyl (C=O) groups is 2. The number of benzene rings is 1. The average Bonchev–Trinajstić information content (AvgIpc) is 2.84. The van der Waals surface area contributed by atoms with Crippen LogP contribution in [0, 0.1) is 0 Å². The van der Waals surface area contributed by atoms with E-state index in [1.807, 2.05) is 38.1 Å². The van der Waals surface area contributed by atoms with Gasteiger partial charge in [-0.2, -0.15) is 0 Å². The summed E-state index contributed by atoms with van der Waals surface area (Å²) >= 11 is 3.45. The van der Waals surface area contributed by atoms with Gasteiger partial charge < -0.3 is 15.4 Å². The topological polar surface area (TPSA) is 82.2 Å². The van der Waals surface area contributed by atoms with E-state index in [4.69, 9.17) is 5.11 Å². The number of carboxylic acids is 1. The maximum atomic E-state index is 12.6. The zero-order chi connectivity index (χ0) is 16.3. The Balaban J connectivity index is 2.33. The summed E-state index contributed by atoms with van der Waals surface area (Å²) in [7, 11) is 0. The smallest absolute Gasteiger partial charge is 0.305 e. The van der Waals surface area contributed by atoms with Crippen molar-refractivity contribution >= 4 is 38.7 Å². The highest BCUT2D eigenvalue weighted by atomic mass is 79.9. The largest absolute Gasteiger partial charge is 0.481 e. The molecule has 0 saturated heterocycles. The van der Waals surface area contributed by atoms with Crippen molar-refractivity contribution in [3.8, 4) is 0 Å². The van der Waals surface area contributed by atoms with Crippen molar-refractivity contribution in [1.29, 1.82) is 0 Å². The number of amides is 1. The van der Waals surface area contributed by atoms with Gasteiger partial charge in [-0.05, 0) is 34.8 Å². The van der Waals surface area contributed by atoms with Crippen LogP contribution in [0.1, 0.15) is 43.6 Å². The molecule has 22 heavy (non-hydrogen) atoms. The summed E-state index contributed by atoms with van der Waals surface area (Å²) in [4.78, 5) is 26.8. The van der Waals surface area contributed by atoms with Crippen LogP contribution in [0.2, 0.25) is 0 Å². The monoisotopic (exact) mass is 366 g/mol. The van der Waals surface area contributed by atoms with Crippen molar-refractivity contribution in [3.63, 3.8) is 0 Å². The lowest BCUT2D eigenvalue weighted by Crippen LogP contribution is -2.49. The zero-order valence-corrected chi connectivity index (χ0v) is 14.2. The summed E-state index contributed by atoms with van der Waals surface area (Å²) in [6.07, 6.45) is 1.02. The van der Waals surface area contributed by atoms with Gasteiger partial charge in [0.1, 0.15) is 5.69 Å². The van der Waals surface area contributed by atoms with Crippen LogP contribution in [-0.4, -0.2) is 27.5 Å². The number of halogens is 1. The average molecular weight is 367 g/mol. The van der Waals surface area contributed by atoms with Gasteiger partial charge >= 0.3 is 5.97 Å². The highest BCUT2D eigenvalue weighted by Crippen LogP contribution is 2.29. The molecule has 1 aromatic heterocycles. The number of aromatic nitrogens is 1. The maximum Gasteiger partial charge on any atom is 0.305 e. The van der Waals surface area contributed by atoms with Crippen molar-refractivity contribution in [2.24, 2.45) is 0 Å². The first-order valence-electron chi connectivity index (χ1n) is 7.23. The van der Waals surface area contributed by atoms with E-state index in [0.717, 1.165) is 10.9 Å².